The average Bonchev–Trinajstić information content (AvgIpc) is 2.62. The van der Waals surface area contributed by atoms with Crippen molar-refractivity contribution in [2.45, 2.75) is 69.1 Å². The molecule has 0 heterocycles. The summed E-state index contributed by atoms with van der Waals surface area (Å²) in [6, 6.07) is 1.92. The fourth-order valence-corrected chi connectivity index (χ4v) is 2.74. The molecule has 6 N–H and O–H groups in total. The Hall–Kier alpha value is -0.160. The van der Waals surface area contributed by atoms with E-state index in [9.17, 15) is 0 Å². The molecule has 15 heavy (non-hydrogen) atoms. The molecule has 2 aliphatic rings. The molecular formula is C11H24N4. The molecule has 0 aliphatic heterocycles. The van der Waals surface area contributed by atoms with Crippen molar-refractivity contribution >= 4 is 0 Å². The molecule has 4 unspecified atom stereocenters. The van der Waals surface area contributed by atoms with E-state index in [-0.39, 0.29) is 0 Å². The van der Waals surface area contributed by atoms with E-state index in [2.05, 4.69) is 10.9 Å². The third kappa shape index (κ3) is 3.41. The summed E-state index contributed by atoms with van der Waals surface area (Å²) in [5, 5.41) is 0. The van der Waals surface area contributed by atoms with Crippen LogP contribution in [0.2, 0.25) is 0 Å². The summed E-state index contributed by atoms with van der Waals surface area (Å²) in [7, 11) is 0. The SMILES string of the molecule is NC1CCCC(NNC2CCC(N)C2)C1. The van der Waals surface area contributed by atoms with Crippen molar-refractivity contribution in [3.63, 3.8) is 0 Å². The van der Waals surface area contributed by atoms with Gasteiger partial charge in [-0.3, -0.25) is 10.9 Å². The Bertz CT molecular complexity index is 197. The van der Waals surface area contributed by atoms with E-state index in [4.69, 9.17) is 11.5 Å². The van der Waals surface area contributed by atoms with Crippen molar-refractivity contribution < 1.29 is 0 Å². The molecule has 0 spiro atoms. The topological polar surface area (TPSA) is 76.1 Å². The first-order chi connectivity index (χ1) is 7.24. The number of hydrogen-bond acceptors (Lipinski definition) is 4. The largest absolute Gasteiger partial charge is 0.328 e. The van der Waals surface area contributed by atoms with Crippen molar-refractivity contribution in [3.05, 3.63) is 0 Å². The monoisotopic (exact) mass is 212 g/mol. The van der Waals surface area contributed by atoms with Gasteiger partial charge in [-0.1, -0.05) is 6.42 Å². The minimum atomic E-state index is 0.392. The minimum absolute atomic E-state index is 0.392. The Morgan fingerprint density at radius 1 is 0.733 bits per heavy atom. The molecule has 4 heteroatoms. The molecule has 2 saturated carbocycles. The van der Waals surface area contributed by atoms with E-state index < -0.39 is 0 Å². The standard InChI is InChI=1S/C11H24N4/c12-8-2-1-3-10(6-8)14-15-11-5-4-9(13)7-11/h8-11,14-15H,1-7,12-13H2. The summed E-state index contributed by atoms with van der Waals surface area (Å²) in [5.41, 5.74) is 18.7. The number of hydrazine groups is 1. The number of hydrogen-bond donors (Lipinski definition) is 4. The average molecular weight is 212 g/mol. The molecule has 2 fully saturated rings. The van der Waals surface area contributed by atoms with Gasteiger partial charge in [0.25, 0.3) is 0 Å². The van der Waals surface area contributed by atoms with Gasteiger partial charge in [-0.2, -0.15) is 0 Å². The number of nitrogens with one attached hydrogen (secondary N) is 2. The zero-order chi connectivity index (χ0) is 10.7. The Morgan fingerprint density at radius 2 is 1.33 bits per heavy atom. The molecule has 88 valence electrons. The summed E-state index contributed by atoms with van der Waals surface area (Å²) in [6.07, 6.45) is 8.25. The predicted molar refractivity (Wildman–Crippen MR) is 62.1 cm³/mol. The van der Waals surface area contributed by atoms with Gasteiger partial charge in [-0.15, -0.1) is 0 Å². The number of rotatable bonds is 3. The van der Waals surface area contributed by atoms with Gasteiger partial charge in [0.15, 0.2) is 0 Å². The van der Waals surface area contributed by atoms with E-state index in [1.807, 2.05) is 0 Å². The molecule has 0 amide bonds. The van der Waals surface area contributed by atoms with Gasteiger partial charge in [-0.05, 0) is 38.5 Å². The lowest BCUT2D eigenvalue weighted by Gasteiger charge is -2.29. The van der Waals surface area contributed by atoms with Gasteiger partial charge < -0.3 is 11.5 Å². The van der Waals surface area contributed by atoms with Crippen LogP contribution >= 0.6 is 0 Å². The molecule has 0 aromatic rings. The Kier molecular flexibility index (Phi) is 3.97. The van der Waals surface area contributed by atoms with Crippen molar-refractivity contribution in [2.24, 2.45) is 11.5 Å². The summed E-state index contributed by atoms with van der Waals surface area (Å²) in [6.45, 7) is 0. The van der Waals surface area contributed by atoms with Gasteiger partial charge in [-0.25, -0.2) is 0 Å². The van der Waals surface area contributed by atoms with Crippen molar-refractivity contribution in [1.82, 2.24) is 10.9 Å². The molecule has 4 atom stereocenters. The first-order valence-electron chi connectivity index (χ1n) is 6.26. The third-order valence-electron chi connectivity index (χ3n) is 3.68. The van der Waals surface area contributed by atoms with Gasteiger partial charge in [0.2, 0.25) is 0 Å². The molecule has 0 aromatic carbocycles. The second kappa shape index (κ2) is 5.25. The van der Waals surface area contributed by atoms with Crippen LogP contribution in [0.3, 0.4) is 0 Å². The quantitative estimate of drug-likeness (QED) is 0.505. The molecule has 2 aliphatic carbocycles. The highest BCUT2D eigenvalue weighted by atomic mass is 15.4. The molecular weight excluding hydrogens is 188 g/mol. The molecule has 2 rings (SSSR count). The van der Waals surface area contributed by atoms with E-state index in [1.165, 1.54) is 25.7 Å². The summed E-state index contributed by atoms with van der Waals surface area (Å²) < 4.78 is 0. The van der Waals surface area contributed by atoms with Crippen LogP contribution in [0.15, 0.2) is 0 Å². The first kappa shape index (κ1) is 11.3. The van der Waals surface area contributed by atoms with Crippen LogP contribution in [0.25, 0.3) is 0 Å². The second-order valence-electron chi connectivity index (χ2n) is 5.18. The molecule has 4 nitrogen and oxygen atoms in total. The maximum Gasteiger partial charge on any atom is 0.0228 e. The maximum absolute atomic E-state index is 5.94. The van der Waals surface area contributed by atoms with Crippen LogP contribution < -0.4 is 22.3 Å². The zero-order valence-electron chi connectivity index (χ0n) is 9.41. The van der Waals surface area contributed by atoms with Gasteiger partial charge >= 0.3 is 0 Å². The Labute approximate surface area is 92.1 Å². The molecule has 0 bridgehead atoms. The van der Waals surface area contributed by atoms with Crippen LogP contribution in [0.4, 0.5) is 0 Å². The van der Waals surface area contributed by atoms with Crippen LogP contribution in [0.1, 0.15) is 44.9 Å². The van der Waals surface area contributed by atoms with E-state index in [1.54, 1.807) is 0 Å². The van der Waals surface area contributed by atoms with Crippen LogP contribution in [-0.2, 0) is 0 Å². The van der Waals surface area contributed by atoms with E-state index in [0.29, 0.717) is 24.2 Å². The lowest BCUT2D eigenvalue weighted by Crippen LogP contribution is -2.49. The smallest absolute Gasteiger partial charge is 0.0228 e. The van der Waals surface area contributed by atoms with Gasteiger partial charge in [0.05, 0.1) is 0 Å². The summed E-state index contributed by atoms with van der Waals surface area (Å²) >= 11 is 0. The van der Waals surface area contributed by atoms with E-state index in [0.717, 1.165) is 19.3 Å². The molecule has 0 radical (unpaired) electrons. The molecule has 0 saturated heterocycles. The Morgan fingerprint density at radius 3 is 1.87 bits per heavy atom. The highest BCUT2D eigenvalue weighted by Crippen LogP contribution is 2.18. The van der Waals surface area contributed by atoms with Crippen LogP contribution in [0, 0.1) is 0 Å². The van der Waals surface area contributed by atoms with Gasteiger partial charge in [0.1, 0.15) is 0 Å². The predicted octanol–water partition coefficient (Wildman–Crippen LogP) is 0.230. The lowest BCUT2D eigenvalue weighted by atomic mass is 9.92. The van der Waals surface area contributed by atoms with Crippen molar-refractivity contribution in [2.75, 3.05) is 0 Å². The van der Waals surface area contributed by atoms with Crippen molar-refractivity contribution in [3.8, 4) is 0 Å². The second-order valence-corrected chi connectivity index (χ2v) is 5.18. The third-order valence-corrected chi connectivity index (χ3v) is 3.68. The first-order valence-corrected chi connectivity index (χ1v) is 6.26. The summed E-state index contributed by atoms with van der Waals surface area (Å²) in [4.78, 5) is 0. The van der Waals surface area contributed by atoms with Crippen LogP contribution in [-0.4, -0.2) is 24.2 Å². The summed E-state index contributed by atoms with van der Waals surface area (Å²) in [5.74, 6) is 0. The lowest BCUT2D eigenvalue weighted by molar-refractivity contribution is 0.287. The highest BCUT2D eigenvalue weighted by Gasteiger charge is 2.23. The maximum atomic E-state index is 5.94. The van der Waals surface area contributed by atoms with Gasteiger partial charge in [0, 0.05) is 24.2 Å². The fourth-order valence-electron chi connectivity index (χ4n) is 2.74. The minimum Gasteiger partial charge on any atom is -0.328 e. The van der Waals surface area contributed by atoms with Crippen LogP contribution in [0.5, 0.6) is 0 Å². The fraction of sp³-hybridized carbons (Fsp3) is 1.00. The highest BCUT2D eigenvalue weighted by molar-refractivity contribution is 4.84. The number of nitrogens with two attached hydrogens (primary N) is 2. The van der Waals surface area contributed by atoms with Crippen molar-refractivity contribution in [1.29, 1.82) is 0 Å². The zero-order valence-corrected chi connectivity index (χ0v) is 9.41. The Balaban J connectivity index is 1.64. The molecule has 0 aromatic heterocycles. The normalized spacial score (nSPS) is 42.0. The van der Waals surface area contributed by atoms with E-state index >= 15 is 0 Å².